The van der Waals surface area contributed by atoms with Crippen molar-refractivity contribution in [1.82, 2.24) is 0 Å². The molecule has 0 N–H and O–H groups in total. The Morgan fingerprint density at radius 2 is 1.84 bits per heavy atom. The minimum Gasteiger partial charge on any atom is -1.00 e. The molecule has 3 heteroatoms. The molecule has 0 amide bonds. The molecule has 19 heavy (non-hydrogen) atoms. The fourth-order valence-electron chi connectivity index (χ4n) is 3.76. The Balaban J connectivity index is 0.000000902. The topological polar surface area (TPSA) is 0 Å². The smallest absolute Gasteiger partial charge is 0.0616 e. The second-order valence-electron chi connectivity index (χ2n) is 7.06. The number of hydrogen-bond donors (Lipinski definition) is 0. The standard InChI is InChI=1S/C16H23Si.ClH.Zn/c1-17(2,3)15-8-6-13(7-9-15)16-11-12-4-5-14(16)10-12;;/h6,8-9,12,14,16H,4-5,10-11H2,1-3H3;1H;/p-1/t12-,14+,16-;;/m0../s1. The molecule has 0 aliphatic heterocycles. The minimum absolute atomic E-state index is 0. The van der Waals surface area contributed by atoms with Crippen molar-refractivity contribution < 1.29 is 31.9 Å². The van der Waals surface area contributed by atoms with Crippen LogP contribution in [0.2, 0.25) is 19.6 Å². The largest absolute Gasteiger partial charge is 1.00 e. The second-order valence-corrected chi connectivity index (χ2v) is 12.1. The Bertz CT molecular complexity index is 415. The average Bonchev–Trinajstić information content (AvgIpc) is 2.89. The van der Waals surface area contributed by atoms with Crippen LogP contribution in [0.25, 0.3) is 0 Å². The maximum absolute atomic E-state index is 3.61. The summed E-state index contributed by atoms with van der Waals surface area (Å²) in [6.07, 6.45) is 12.9. The Morgan fingerprint density at radius 1 is 1.11 bits per heavy atom. The Labute approximate surface area is 138 Å². The first-order valence-corrected chi connectivity index (χ1v) is 10.6. The van der Waals surface area contributed by atoms with Gasteiger partial charge in [0.15, 0.2) is 0 Å². The summed E-state index contributed by atoms with van der Waals surface area (Å²) in [6, 6.07) is 0. The van der Waals surface area contributed by atoms with Crippen LogP contribution in [0.4, 0.5) is 0 Å². The van der Waals surface area contributed by atoms with Gasteiger partial charge < -0.3 is 12.4 Å². The van der Waals surface area contributed by atoms with Crippen molar-refractivity contribution >= 4 is 8.07 Å². The number of rotatable bonds is 2. The van der Waals surface area contributed by atoms with Crippen molar-refractivity contribution in [3.05, 3.63) is 35.1 Å². The van der Waals surface area contributed by atoms with Crippen LogP contribution in [0, 0.1) is 23.3 Å². The molecular weight excluding hydrogens is 321 g/mol. The van der Waals surface area contributed by atoms with Gasteiger partial charge in [-0.05, 0) is 48.7 Å². The molecule has 3 rings (SSSR count). The van der Waals surface area contributed by atoms with Crippen LogP contribution in [0.15, 0.2) is 29.5 Å². The van der Waals surface area contributed by atoms with Gasteiger partial charge in [-0.1, -0.05) is 38.2 Å². The maximum atomic E-state index is 3.61. The summed E-state index contributed by atoms with van der Waals surface area (Å²) in [5, 5.41) is 0. The van der Waals surface area contributed by atoms with Crippen LogP contribution in [0.5, 0.6) is 0 Å². The van der Waals surface area contributed by atoms with E-state index in [2.05, 4.69) is 43.6 Å². The maximum Gasteiger partial charge on any atom is 0.0616 e. The molecule has 0 aromatic carbocycles. The zero-order chi connectivity index (χ0) is 12.0. The summed E-state index contributed by atoms with van der Waals surface area (Å²) in [6.45, 7) is 7.23. The van der Waals surface area contributed by atoms with Crippen molar-refractivity contribution in [2.45, 2.75) is 45.3 Å². The molecule has 0 heterocycles. The molecule has 101 valence electrons. The van der Waals surface area contributed by atoms with Gasteiger partial charge in [-0.15, -0.1) is 5.73 Å². The third-order valence-electron chi connectivity index (χ3n) is 4.84. The molecule has 2 bridgehead atoms. The zero-order valence-electron chi connectivity index (χ0n) is 12.4. The molecule has 2 saturated carbocycles. The van der Waals surface area contributed by atoms with Gasteiger partial charge in [0.05, 0.1) is 8.07 Å². The van der Waals surface area contributed by atoms with E-state index in [1.54, 1.807) is 5.54 Å². The second kappa shape index (κ2) is 6.44. The summed E-state index contributed by atoms with van der Waals surface area (Å²) < 4.78 is 0. The van der Waals surface area contributed by atoms with Crippen molar-refractivity contribution in [3.63, 3.8) is 0 Å². The van der Waals surface area contributed by atoms with Gasteiger partial charge in [0.2, 0.25) is 0 Å². The molecule has 0 aromatic heterocycles. The van der Waals surface area contributed by atoms with E-state index < -0.39 is 8.07 Å². The van der Waals surface area contributed by atoms with E-state index >= 15 is 0 Å². The predicted molar refractivity (Wildman–Crippen MR) is 76.3 cm³/mol. The molecule has 3 aliphatic carbocycles. The molecular formula is C16H23ClSiZn-. The summed E-state index contributed by atoms with van der Waals surface area (Å²) in [5.74, 6) is 2.86. The van der Waals surface area contributed by atoms with E-state index in [0.29, 0.717) is 0 Å². The summed E-state index contributed by atoms with van der Waals surface area (Å²) in [5.41, 5.74) is 6.65. The van der Waals surface area contributed by atoms with E-state index in [9.17, 15) is 0 Å². The van der Waals surface area contributed by atoms with Gasteiger partial charge in [0.25, 0.3) is 0 Å². The van der Waals surface area contributed by atoms with E-state index in [-0.39, 0.29) is 31.9 Å². The first-order valence-electron chi connectivity index (χ1n) is 7.06. The molecule has 3 atom stereocenters. The molecule has 0 unspecified atom stereocenters. The molecule has 0 aromatic rings. The minimum atomic E-state index is -1.14. The van der Waals surface area contributed by atoms with E-state index in [0.717, 1.165) is 17.8 Å². The fraction of sp³-hybridized carbons (Fsp3) is 0.625. The monoisotopic (exact) mass is 342 g/mol. The van der Waals surface area contributed by atoms with Crippen molar-refractivity contribution in [2.24, 2.45) is 17.8 Å². The Morgan fingerprint density at radius 3 is 2.26 bits per heavy atom. The molecule has 3 aliphatic rings. The molecule has 0 saturated heterocycles. The van der Waals surface area contributed by atoms with Gasteiger partial charge in [-0.25, -0.2) is 0 Å². The van der Waals surface area contributed by atoms with Gasteiger partial charge in [-0.2, -0.15) is 0 Å². The summed E-state index contributed by atoms with van der Waals surface area (Å²) in [7, 11) is -1.14. The van der Waals surface area contributed by atoms with Crippen LogP contribution < -0.4 is 12.4 Å². The first kappa shape index (κ1) is 17.4. The van der Waals surface area contributed by atoms with Crippen molar-refractivity contribution in [2.75, 3.05) is 0 Å². The van der Waals surface area contributed by atoms with Crippen molar-refractivity contribution in [3.8, 4) is 0 Å². The number of allylic oxidation sites excluding steroid dienone is 3. The number of fused-ring (bicyclic) bond motifs is 2. The molecule has 0 nitrogen and oxygen atoms in total. The van der Waals surface area contributed by atoms with E-state index in [1.165, 1.54) is 31.3 Å². The van der Waals surface area contributed by atoms with Gasteiger partial charge >= 0.3 is 0 Å². The average molecular weight is 344 g/mol. The Kier molecular flexibility index (Phi) is 5.91. The van der Waals surface area contributed by atoms with E-state index in [1.807, 2.05) is 0 Å². The number of halogens is 1. The van der Waals surface area contributed by atoms with Gasteiger partial charge in [-0.3, -0.25) is 0 Å². The van der Waals surface area contributed by atoms with E-state index in [4.69, 9.17) is 0 Å². The summed E-state index contributed by atoms with van der Waals surface area (Å²) >= 11 is 0. The number of hydrogen-bond acceptors (Lipinski definition) is 0. The molecule has 1 radical (unpaired) electrons. The van der Waals surface area contributed by atoms with Crippen molar-refractivity contribution in [1.29, 1.82) is 0 Å². The zero-order valence-corrected chi connectivity index (χ0v) is 17.1. The SMILES string of the molecule is C[Si](C)(C)[C]1C=C=C([C@@H]2C[C@H]3CC[C@@H]2C3)C=C1.[Cl-].[Zn]. The van der Waals surface area contributed by atoms with Gasteiger partial charge in [0, 0.05) is 25.0 Å². The van der Waals surface area contributed by atoms with Crippen LogP contribution in [0.3, 0.4) is 0 Å². The predicted octanol–water partition coefficient (Wildman–Crippen LogP) is 1.53. The quantitative estimate of drug-likeness (QED) is 0.527. The third kappa shape index (κ3) is 3.53. The normalized spacial score (nSPS) is 32.8. The van der Waals surface area contributed by atoms with Gasteiger partial charge in [0.1, 0.15) is 0 Å². The third-order valence-corrected chi connectivity index (χ3v) is 6.88. The Hall–Kier alpha value is 0.390. The first-order chi connectivity index (χ1) is 8.04. The molecule has 2 fully saturated rings. The molecule has 0 spiro atoms. The summed E-state index contributed by atoms with van der Waals surface area (Å²) in [4.78, 5) is 0. The van der Waals surface area contributed by atoms with Crippen LogP contribution in [0.1, 0.15) is 25.7 Å². The van der Waals surface area contributed by atoms with Crippen LogP contribution in [-0.2, 0) is 19.5 Å². The van der Waals surface area contributed by atoms with Crippen LogP contribution in [-0.4, -0.2) is 8.07 Å². The fourth-order valence-corrected chi connectivity index (χ4v) is 4.85. The van der Waals surface area contributed by atoms with Crippen LogP contribution >= 0.6 is 0 Å².